The number of rotatable bonds is 6. The summed E-state index contributed by atoms with van der Waals surface area (Å²) in [6.07, 6.45) is -0.193. The Hall–Kier alpha value is 0.0969. The molecule has 0 saturated heterocycles. The van der Waals surface area contributed by atoms with Gasteiger partial charge in [0, 0.05) is 14.2 Å². The summed E-state index contributed by atoms with van der Waals surface area (Å²) in [6, 6.07) is 0. The highest BCUT2D eigenvalue weighted by Crippen LogP contribution is 1.99. The van der Waals surface area contributed by atoms with Crippen molar-refractivity contribution >= 4 is 9.76 Å². The summed E-state index contributed by atoms with van der Waals surface area (Å²) in [6.45, 7) is 4.90. The highest BCUT2D eigenvalue weighted by atomic mass is 28.2. The molecule has 0 fully saturated rings. The molecule has 0 rings (SSSR count). The summed E-state index contributed by atoms with van der Waals surface area (Å²) >= 11 is 0. The summed E-state index contributed by atoms with van der Waals surface area (Å²) < 4.78 is 15.3. The minimum absolute atomic E-state index is 0.193. The molecule has 0 aromatic heterocycles. The lowest BCUT2D eigenvalue weighted by atomic mass is 10.6. The first-order valence-corrected chi connectivity index (χ1v) is 5.23. The molecular formula is C7H18O3Si. The molecule has 11 heavy (non-hydrogen) atoms. The Labute approximate surface area is 71.0 Å². The highest BCUT2D eigenvalue weighted by Gasteiger charge is 2.04. The van der Waals surface area contributed by atoms with Crippen LogP contribution in [0.4, 0.5) is 0 Å². The second-order valence-corrected chi connectivity index (χ2v) is 5.21. The molecule has 0 spiro atoms. The molecule has 0 N–H and O–H groups in total. The summed E-state index contributed by atoms with van der Waals surface area (Å²) in [5.74, 6) is 0. The van der Waals surface area contributed by atoms with Gasteiger partial charge in [-0.05, 0) is 5.54 Å². The molecule has 0 aromatic carbocycles. The van der Waals surface area contributed by atoms with E-state index in [0.717, 1.165) is 0 Å². The molecule has 0 heterocycles. The third-order valence-corrected chi connectivity index (χ3v) is 2.37. The van der Waals surface area contributed by atoms with E-state index in [4.69, 9.17) is 13.9 Å². The second kappa shape index (κ2) is 6.79. The van der Waals surface area contributed by atoms with Crippen LogP contribution in [0.3, 0.4) is 0 Å². The second-order valence-electron chi connectivity index (χ2n) is 2.83. The molecule has 0 aliphatic rings. The average molecular weight is 178 g/mol. The molecule has 3 nitrogen and oxygen atoms in total. The van der Waals surface area contributed by atoms with Gasteiger partial charge in [0.15, 0.2) is 16.1 Å². The summed E-state index contributed by atoms with van der Waals surface area (Å²) in [5, 5.41) is 0. The van der Waals surface area contributed by atoms with Crippen LogP contribution in [-0.2, 0) is 13.9 Å². The average Bonchev–Trinajstić information content (AvgIpc) is 1.98. The van der Waals surface area contributed by atoms with Crippen LogP contribution in [0.25, 0.3) is 0 Å². The van der Waals surface area contributed by atoms with E-state index in [1.807, 2.05) is 0 Å². The smallest absolute Gasteiger partial charge is 0.178 e. The number of hydrogen-bond acceptors (Lipinski definition) is 3. The van der Waals surface area contributed by atoms with E-state index in [0.29, 0.717) is 12.1 Å². The van der Waals surface area contributed by atoms with Gasteiger partial charge >= 0.3 is 0 Å². The Morgan fingerprint density at radius 1 is 1.18 bits per heavy atom. The van der Waals surface area contributed by atoms with Gasteiger partial charge in [-0.25, -0.2) is 0 Å². The van der Waals surface area contributed by atoms with Gasteiger partial charge in [-0.15, -0.1) is 0 Å². The Kier molecular flexibility index (Phi) is 6.85. The quantitative estimate of drug-likeness (QED) is 0.439. The Bertz CT molecular complexity index is 83.8. The molecule has 0 aromatic rings. The third kappa shape index (κ3) is 6.49. The predicted molar refractivity (Wildman–Crippen MR) is 47.4 cm³/mol. The van der Waals surface area contributed by atoms with E-state index < -0.39 is 0 Å². The molecule has 0 atom stereocenters. The fourth-order valence-corrected chi connectivity index (χ4v) is 1.43. The van der Waals surface area contributed by atoms with Gasteiger partial charge in [-0.3, -0.25) is 0 Å². The van der Waals surface area contributed by atoms with Crippen LogP contribution in [0.5, 0.6) is 0 Å². The molecule has 0 bridgehead atoms. The Morgan fingerprint density at radius 2 is 1.73 bits per heavy atom. The van der Waals surface area contributed by atoms with E-state index >= 15 is 0 Å². The van der Waals surface area contributed by atoms with Gasteiger partial charge < -0.3 is 13.9 Å². The van der Waals surface area contributed by atoms with Crippen LogP contribution in [0.1, 0.15) is 13.8 Å². The van der Waals surface area contributed by atoms with Crippen LogP contribution in [0.2, 0.25) is 5.54 Å². The van der Waals surface area contributed by atoms with Gasteiger partial charge in [0.2, 0.25) is 0 Å². The Morgan fingerprint density at radius 3 is 2.09 bits per heavy atom. The first kappa shape index (κ1) is 11.1. The number of ether oxygens (including phenoxy) is 2. The van der Waals surface area contributed by atoms with Gasteiger partial charge in [0.1, 0.15) is 0 Å². The maximum Gasteiger partial charge on any atom is 0.178 e. The van der Waals surface area contributed by atoms with Crippen molar-refractivity contribution in [2.75, 3.05) is 20.8 Å². The zero-order valence-corrected chi connectivity index (χ0v) is 9.21. The third-order valence-electron chi connectivity index (χ3n) is 1.23. The van der Waals surface area contributed by atoms with E-state index in [1.54, 1.807) is 14.2 Å². The van der Waals surface area contributed by atoms with Gasteiger partial charge in [-0.2, -0.15) is 0 Å². The monoisotopic (exact) mass is 178 g/mol. The lowest BCUT2D eigenvalue weighted by Crippen LogP contribution is -2.21. The maximum absolute atomic E-state index is 5.43. The lowest BCUT2D eigenvalue weighted by Gasteiger charge is -2.14. The molecular weight excluding hydrogens is 160 g/mol. The molecule has 0 amide bonds. The van der Waals surface area contributed by atoms with Gasteiger partial charge in [-0.1, -0.05) is 13.8 Å². The predicted octanol–water partition coefficient (Wildman–Crippen LogP) is 0.534. The van der Waals surface area contributed by atoms with E-state index in [-0.39, 0.29) is 16.1 Å². The van der Waals surface area contributed by atoms with Crippen molar-refractivity contribution < 1.29 is 13.9 Å². The fourth-order valence-electron chi connectivity index (χ4n) is 0.632. The van der Waals surface area contributed by atoms with Crippen LogP contribution in [-0.4, -0.2) is 36.9 Å². The lowest BCUT2D eigenvalue weighted by molar-refractivity contribution is -0.122. The maximum atomic E-state index is 5.43. The minimum atomic E-state index is -0.375. The van der Waals surface area contributed by atoms with Crippen molar-refractivity contribution in [3.05, 3.63) is 0 Å². The molecule has 0 radical (unpaired) electrons. The van der Waals surface area contributed by atoms with E-state index in [1.165, 1.54) is 0 Å². The minimum Gasteiger partial charge on any atom is -0.419 e. The van der Waals surface area contributed by atoms with Crippen molar-refractivity contribution in [2.24, 2.45) is 0 Å². The molecule has 0 aliphatic carbocycles. The van der Waals surface area contributed by atoms with Crippen molar-refractivity contribution in [3.63, 3.8) is 0 Å². The summed E-state index contributed by atoms with van der Waals surface area (Å²) in [7, 11) is 2.86. The molecule has 0 saturated carbocycles. The largest absolute Gasteiger partial charge is 0.419 e. The van der Waals surface area contributed by atoms with Crippen molar-refractivity contribution in [2.45, 2.75) is 25.7 Å². The summed E-state index contributed by atoms with van der Waals surface area (Å²) in [4.78, 5) is 0. The molecule has 0 aliphatic heterocycles. The number of hydrogen-bond donors (Lipinski definition) is 0. The van der Waals surface area contributed by atoms with Crippen LogP contribution in [0.15, 0.2) is 0 Å². The van der Waals surface area contributed by atoms with E-state index in [9.17, 15) is 0 Å². The topological polar surface area (TPSA) is 27.7 Å². The van der Waals surface area contributed by atoms with E-state index in [2.05, 4.69) is 13.8 Å². The zero-order valence-electron chi connectivity index (χ0n) is 7.79. The van der Waals surface area contributed by atoms with Crippen LogP contribution < -0.4 is 0 Å². The SMILES string of the molecule is COC(CO[SiH2]C(C)C)OC. The standard InChI is InChI=1S/C7H18O3Si/c1-6(2)11-10-5-7(8-3)9-4/h6-7H,5,11H2,1-4H3. The van der Waals surface area contributed by atoms with Gasteiger partial charge in [0.05, 0.1) is 6.61 Å². The fraction of sp³-hybridized carbons (Fsp3) is 1.00. The summed E-state index contributed by atoms with van der Waals surface area (Å²) in [5.41, 5.74) is 0.698. The first-order valence-electron chi connectivity index (χ1n) is 3.84. The van der Waals surface area contributed by atoms with Gasteiger partial charge in [0.25, 0.3) is 0 Å². The first-order chi connectivity index (χ1) is 5.20. The van der Waals surface area contributed by atoms with Crippen LogP contribution >= 0.6 is 0 Å². The van der Waals surface area contributed by atoms with Crippen LogP contribution in [0, 0.1) is 0 Å². The zero-order chi connectivity index (χ0) is 8.69. The molecule has 0 unspecified atom stereocenters. The van der Waals surface area contributed by atoms with Crippen molar-refractivity contribution in [1.82, 2.24) is 0 Å². The molecule has 68 valence electrons. The normalized spacial score (nSPS) is 12.5. The highest BCUT2D eigenvalue weighted by molar-refractivity contribution is 6.29. The van der Waals surface area contributed by atoms with Crippen molar-refractivity contribution in [1.29, 1.82) is 0 Å². The Balaban J connectivity index is 3.21. The van der Waals surface area contributed by atoms with Crippen molar-refractivity contribution in [3.8, 4) is 0 Å². The molecule has 4 heteroatoms. The number of methoxy groups -OCH3 is 2.